The molecular weight excluding hydrogens is 214 g/mol. The molecule has 0 aliphatic rings. The summed E-state index contributed by atoms with van der Waals surface area (Å²) in [5.74, 6) is -0.366. The quantitative estimate of drug-likeness (QED) is 0.455. The van der Waals surface area contributed by atoms with Gasteiger partial charge in [0.1, 0.15) is 11.0 Å². The van der Waals surface area contributed by atoms with Crippen molar-refractivity contribution in [1.82, 2.24) is 0 Å². The maximum atomic E-state index is 9.41. The lowest BCUT2D eigenvalue weighted by molar-refractivity contribution is 0.616. The molecule has 0 saturated heterocycles. The van der Waals surface area contributed by atoms with Crippen LogP contribution in [0.4, 0.5) is 0 Å². The summed E-state index contributed by atoms with van der Waals surface area (Å²) in [6.45, 7) is 0. The van der Waals surface area contributed by atoms with Crippen LogP contribution in [0.5, 0.6) is 0 Å². The van der Waals surface area contributed by atoms with E-state index < -0.39 is 21.4 Å². The third-order valence-corrected chi connectivity index (χ3v) is 1.48. The van der Waals surface area contributed by atoms with E-state index in [1.54, 1.807) is 0 Å². The lowest BCUT2D eigenvalue weighted by Crippen LogP contribution is -1.77. The van der Waals surface area contributed by atoms with Gasteiger partial charge in [-0.2, -0.15) is 5.26 Å². The van der Waals surface area contributed by atoms with E-state index in [2.05, 4.69) is 0 Å². The largest absolute Gasteiger partial charge is 0.231 e. The molecule has 0 rings (SSSR count). The Morgan fingerprint density at radius 1 is 1.18 bits per heavy atom. The van der Waals surface area contributed by atoms with Gasteiger partial charge in [-0.25, -0.2) is 16.8 Å². The number of rotatable bonds is 2. The fourth-order valence-electron chi connectivity index (χ4n) is 0.0577. The van der Waals surface area contributed by atoms with Gasteiger partial charge in [0.05, 0.1) is 6.07 Å². The summed E-state index contributed by atoms with van der Waals surface area (Å²) in [5, 5.41) is 7.33. The summed E-state index contributed by atoms with van der Waals surface area (Å²) in [5.41, 5.74) is 0. The molecule has 0 unspecified atom stereocenters. The maximum absolute atomic E-state index is 9.41. The van der Waals surface area contributed by atoms with Gasteiger partial charge in [0, 0.05) is 0 Å². The van der Waals surface area contributed by atoms with E-state index in [0.717, 1.165) is 0 Å². The Labute approximate surface area is 72.5 Å². The average molecular weight is 220 g/mol. The Morgan fingerprint density at radius 3 is 1.55 bits per heavy atom. The lowest BCUT2D eigenvalue weighted by Gasteiger charge is -1.58. The van der Waals surface area contributed by atoms with Gasteiger partial charge in [0.2, 0.25) is 0 Å². The zero-order valence-corrected chi connectivity index (χ0v) is 7.81. The molecule has 0 bridgehead atoms. The van der Waals surface area contributed by atoms with E-state index in [-0.39, 0.29) is 11.0 Å². The first-order valence-electron chi connectivity index (χ1n) is 2.21. The maximum Gasteiger partial charge on any atom is 0.154 e. The Hall–Kier alpha value is -0.320. The van der Waals surface area contributed by atoms with Crippen LogP contribution in [0.25, 0.3) is 0 Å². The summed E-state index contributed by atoms with van der Waals surface area (Å²) < 4.78 is 37.4. The van der Waals surface area contributed by atoms with E-state index in [9.17, 15) is 16.8 Å². The molecule has 0 spiro atoms. The minimum atomic E-state index is -2.46. The van der Waals surface area contributed by atoms with Crippen LogP contribution in [0, 0.1) is 11.3 Å². The first-order chi connectivity index (χ1) is 5.04. The van der Waals surface area contributed by atoms with Crippen molar-refractivity contribution in [2.45, 2.75) is 0 Å². The molecule has 0 aromatic carbocycles. The van der Waals surface area contributed by atoms with Crippen LogP contribution in [0.15, 0.2) is 0 Å². The minimum absolute atomic E-state index is 0.269. The predicted molar refractivity (Wildman–Crippen MR) is 41.8 cm³/mol. The number of thiol groups is 2. The van der Waals surface area contributed by atoms with Crippen molar-refractivity contribution in [3.8, 4) is 6.07 Å². The first-order valence-corrected chi connectivity index (χ1v) is 5.47. The molecular formula is C3H6ClNO4S2. The third kappa shape index (κ3) is 26.1. The molecule has 0 aliphatic carbocycles. The lowest BCUT2D eigenvalue weighted by atomic mass is 10.9. The van der Waals surface area contributed by atoms with Gasteiger partial charge in [-0.3, -0.25) is 0 Å². The molecule has 0 N–H and O–H groups in total. The minimum Gasteiger partial charge on any atom is -0.231 e. The smallest absolute Gasteiger partial charge is 0.154 e. The average Bonchev–Trinajstić information content (AvgIpc) is 1.89. The molecule has 11 heavy (non-hydrogen) atoms. The van der Waals surface area contributed by atoms with Gasteiger partial charge in [0.15, 0.2) is 21.4 Å². The van der Waals surface area contributed by atoms with Crippen molar-refractivity contribution in [2.75, 3.05) is 11.0 Å². The summed E-state index contributed by atoms with van der Waals surface area (Å²) in [7, 11) is -4.79. The Morgan fingerprint density at radius 2 is 1.55 bits per heavy atom. The van der Waals surface area contributed by atoms with Gasteiger partial charge in [-0.05, 0) is 0 Å². The summed E-state index contributed by atoms with van der Waals surface area (Å²) >= 11 is 4.74. The molecule has 66 valence electrons. The van der Waals surface area contributed by atoms with Crippen LogP contribution in [0.2, 0.25) is 0 Å². The molecule has 0 aliphatic heterocycles. The second-order valence-corrected chi connectivity index (χ2v) is 3.70. The second kappa shape index (κ2) is 9.68. The van der Waals surface area contributed by atoms with Crippen LogP contribution in [0.3, 0.4) is 0 Å². The summed E-state index contributed by atoms with van der Waals surface area (Å²) in [6, 6.07) is 1.47. The standard InChI is InChI=1S/C2H3NO2S.CH3ClO2S/c3-1-2-6(4)5;2-1-5(3)4/h6H,2H2;5H,1H2. The van der Waals surface area contributed by atoms with Crippen molar-refractivity contribution in [1.29, 1.82) is 5.26 Å². The highest BCUT2D eigenvalue weighted by atomic mass is 35.5. The number of nitrogens with zero attached hydrogens (tertiary/aromatic N) is 1. The second-order valence-electron chi connectivity index (χ2n) is 1.10. The van der Waals surface area contributed by atoms with Crippen molar-refractivity contribution >= 4 is 33.0 Å². The number of halogens is 1. The SMILES string of the molecule is N#CC[SH](=O)=O.O=[SH](=O)CCl. The van der Waals surface area contributed by atoms with E-state index >= 15 is 0 Å². The van der Waals surface area contributed by atoms with E-state index in [1.807, 2.05) is 0 Å². The molecule has 0 atom stereocenters. The molecule has 8 heteroatoms. The zero-order valence-electron chi connectivity index (χ0n) is 5.27. The molecule has 0 aromatic rings. The Kier molecular flexibility index (Phi) is 11.7. The molecule has 0 aromatic heterocycles. The Bertz CT molecular complexity index is 247. The summed E-state index contributed by atoms with van der Waals surface area (Å²) in [4.78, 5) is 0. The van der Waals surface area contributed by atoms with Gasteiger partial charge >= 0.3 is 0 Å². The predicted octanol–water partition coefficient (Wildman–Crippen LogP) is -1.08. The van der Waals surface area contributed by atoms with Crippen LogP contribution in [-0.4, -0.2) is 27.8 Å². The topological polar surface area (TPSA) is 92.1 Å². The van der Waals surface area contributed by atoms with Gasteiger partial charge in [0.25, 0.3) is 0 Å². The normalized spacial score (nSPS) is 8.55. The van der Waals surface area contributed by atoms with Crippen LogP contribution >= 0.6 is 11.6 Å². The van der Waals surface area contributed by atoms with Crippen molar-refractivity contribution in [3.05, 3.63) is 0 Å². The Balaban J connectivity index is 0. The van der Waals surface area contributed by atoms with Crippen LogP contribution in [-0.2, 0) is 21.4 Å². The monoisotopic (exact) mass is 219 g/mol. The zero-order chi connectivity index (χ0) is 9.28. The molecule has 5 nitrogen and oxygen atoms in total. The van der Waals surface area contributed by atoms with Gasteiger partial charge in [-0.15, -0.1) is 11.6 Å². The number of hydrogen-bond acceptors (Lipinski definition) is 5. The number of alkyl halides is 1. The molecule has 0 heterocycles. The van der Waals surface area contributed by atoms with Crippen molar-refractivity contribution < 1.29 is 16.8 Å². The van der Waals surface area contributed by atoms with E-state index in [4.69, 9.17) is 16.9 Å². The van der Waals surface area contributed by atoms with Gasteiger partial charge in [-0.1, -0.05) is 0 Å². The first kappa shape index (κ1) is 13.3. The van der Waals surface area contributed by atoms with Crippen LogP contribution < -0.4 is 0 Å². The highest BCUT2D eigenvalue weighted by molar-refractivity contribution is 7.73. The third-order valence-electron chi connectivity index (χ3n) is 0.297. The molecule has 0 radical (unpaired) electrons. The number of nitriles is 1. The van der Waals surface area contributed by atoms with Crippen molar-refractivity contribution in [2.24, 2.45) is 0 Å². The van der Waals surface area contributed by atoms with E-state index in [0.29, 0.717) is 0 Å². The molecule has 0 fully saturated rings. The van der Waals surface area contributed by atoms with Crippen molar-refractivity contribution in [3.63, 3.8) is 0 Å². The van der Waals surface area contributed by atoms with Gasteiger partial charge < -0.3 is 0 Å². The fraction of sp³-hybridized carbons (Fsp3) is 0.667. The highest BCUT2D eigenvalue weighted by Crippen LogP contribution is 1.67. The molecule has 0 amide bonds. The number of hydrogen-bond donors (Lipinski definition) is 2. The van der Waals surface area contributed by atoms with Crippen LogP contribution in [0.1, 0.15) is 0 Å². The summed E-state index contributed by atoms with van der Waals surface area (Å²) in [6.07, 6.45) is 0. The molecule has 0 saturated carbocycles. The van der Waals surface area contributed by atoms with E-state index in [1.165, 1.54) is 6.07 Å². The highest BCUT2D eigenvalue weighted by Gasteiger charge is 1.74. The fourth-order valence-corrected chi connectivity index (χ4v) is 0.173.